The lowest BCUT2D eigenvalue weighted by atomic mass is 9.88. The molecule has 0 aliphatic heterocycles. The van der Waals surface area contributed by atoms with Crippen molar-refractivity contribution in [2.24, 2.45) is 5.92 Å². The zero-order valence-corrected chi connectivity index (χ0v) is 13.2. The highest BCUT2D eigenvalue weighted by Crippen LogP contribution is 2.26. The van der Waals surface area contributed by atoms with Gasteiger partial charge in [0.05, 0.1) is 18.8 Å². The number of ether oxygens (including phenoxy) is 1. The van der Waals surface area contributed by atoms with E-state index in [9.17, 15) is 5.11 Å². The number of aliphatic hydroxyl groups excluding tert-OH is 1. The minimum absolute atomic E-state index is 0.328. The van der Waals surface area contributed by atoms with E-state index >= 15 is 0 Å². The van der Waals surface area contributed by atoms with E-state index in [1.54, 1.807) is 6.20 Å². The molecule has 2 N–H and O–H groups in total. The standard InChI is InChI=1S/C17H28N2O2/c1-13-7-8-18-9-15(13)10-19-11-16(20)12-21-17-6-4-3-5-14(17)2/h7-9,14,16-17,19-20H,3-6,10-12H2,1-2H3. The van der Waals surface area contributed by atoms with Crippen LogP contribution in [-0.2, 0) is 11.3 Å². The maximum atomic E-state index is 10.0. The average Bonchev–Trinajstić information content (AvgIpc) is 2.48. The van der Waals surface area contributed by atoms with Crippen molar-refractivity contribution in [1.82, 2.24) is 10.3 Å². The number of rotatable bonds is 7. The Morgan fingerprint density at radius 1 is 1.43 bits per heavy atom. The van der Waals surface area contributed by atoms with Gasteiger partial charge in [0.15, 0.2) is 0 Å². The van der Waals surface area contributed by atoms with Gasteiger partial charge in [0.2, 0.25) is 0 Å². The molecule has 1 aromatic heterocycles. The van der Waals surface area contributed by atoms with E-state index in [1.165, 1.54) is 30.4 Å². The molecule has 3 atom stereocenters. The van der Waals surface area contributed by atoms with E-state index in [1.807, 2.05) is 12.3 Å². The first-order valence-electron chi connectivity index (χ1n) is 8.06. The van der Waals surface area contributed by atoms with Gasteiger partial charge in [0.25, 0.3) is 0 Å². The van der Waals surface area contributed by atoms with Crippen LogP contribution >= 0.6 is 0 Å². The Labute approximate surface area is 127 Å². The molecule has 0 radical (unpaired) electrons. The molecule has 1 saturated carbocycles. The van der Waals surface area contributed by atoms with Gasteiger partial charge in [-0.3, -0.25) is 4.98 Å². The van der Waals surface area contributed by atoms with Crippen LogP contribution in [0.5, 0.6) is 0 Å². The minimum atomic E-state index is -0.448. The van der Waals surface area contributed by atoms with Crippen molar-refractivity contribution in [3.05, 3.63) is 29.6 Å². The second kappa shape index (κ2) is 8.47. The molecule has 21 heavy (non-hydrogen) atoms. The van der Waals surface area contributed by atoms with Gasteiger partial charge in [-0.05, 0) is 42.9 Å². The van der Waals surface area contributed by atoms with Crippen LogP contribution in [0.1, 0.15) is 43.7 Å². The zero-order valence-electron chi connectivity index (χ0n) is 13.2. The average molecular weight is 292 g/mol. The van der Waals surface area contributed by atoms with Crippen molar-refractivity contribution < 1.29 is 9.84 Å². The van der Waals surface area contributed by atoms with Gasteiger partial charge in [-0.2, -0.15) is 0 Å². The molecule has 0 spiro atoms. The van der Waals surface area contributed by atoms with Gasteiger partial charge in [0.1, 0.15) is 0 Å². The molecule has 118 valence electrons. The van der Waals surface area contributed by atoms with Gasteiger partial charge in [0, 0.05) is 25.5 Å². The van der Waals surface area contributed by atoms with Gasteiger partial charge in [-0.15, -0.1) is 0 Å². The lowest BCUT2D eigenvalue weighted by molar-refractivity contribution is -0.0452. The van der Waals surface area contributed by atoms with Crippen LogP contribution in [0.25, 0.3) is 0 Å². The summed E-state index contributed by atoms with van der Waals surface area (Å²) < 4.78 is 5.88. The highest BCUT2D eigenvalue weighted by atomic mass is 16.5. The summed E-state index contributed by atoms with van der Waals surface area (Å²) in [7, 11) is 0. The van der Waals surface area contributed by atoms with Crippen LogP contribution in [0, 0.1) is 12.8 Å². The smallest absolute Gasteiger partial charge is 0.0897 e. The molecule has 2 rings (SSSR count). The van der Waals surface area contributed by atoms with Crippen molar-refractivity contribution in [1.29, 1.82) is 0 Å². The third-order valence-electron chi connectivity index (χ3n) is 4.38. The Morgan fingerprint density at radius 2 is 2.24 bits per heavy atom. The summed E-state index contributed by atoms with van der Waals surface area (Å²) in [6.45, 7) is 6.03. The number of aryl methyl sites for hydroxylation is 1. The van der Waals surface area contributed by atoms with Crippen LogP contribution in [0.4, 0.5) is 0 Å². The normalized spacial score (nSPS) is 24.0. The summed E-state index contributed by atoms with van der Waals surface area (Å²) in [5, 5.41) is 13.3. The van der Waals surface area contributed by atoms with Crippen LogP contribution < -0.4 is 5.32 Å². The van der Waals surface area contributed by atoms with E-state index < -0.39 is 6.10 Å². The Morgan fingerprint density at radius 3 is 3.00 bits per heavy atom. The summed E-state index contributed by atoms with van der Waals surface area (Å²) in [5.41, 5.74) is 2.39. The van der Waals surface area contributed by atoms with Crippen LogP contribution in [-0.4, -0.2) is 35.5 Å². The van der Waals surface area contributed by atoms with Crippen LogP contribution in [0.3, 0.4) is 0 Å². The quantitative estimate of drug-likeness (QED) is 0.810. The Bertz CT molecular complexity index is 425. The predicted octanol–water partition coefficient (Wildman–Crippen LogP) is 2.44. The lowest BCUT2D eigenvalue weighted by Crippen LogP contribution is -2.34. The van der Waals surface area contributed by atoms with Crippen molar-refractivity contribution in [2.45, 2.75) is 58.3 Å². The van der Waals surface area contributed by atoms with E-state index in [-0.39, 0.29) is 0 Å². The first-order chi connectivity index (χ1) is 10.2. The molecule has 4 heteroatoms. The summed E-state index contributed by atoms with van der Waals surface area (Å²) in [6, 6.07) is 2.00. The SMILES string of the molecule is Cc1ccncc1CNCC(O)COC1CCCCC1C. The van der Waals surface area contributed by atoms with E-state index in [0.29, 0.717) is 25.2 Å². The molecule has 3 unspecified atom stereocenters. The molecule has 4 nitrogen and oxygen atoms in total. The summed E-state index contributed by atoms with van der Waals surface area (Å²) in [6.07, 6.45) is 8.50. The number of pyridine rings is 1. The van der Waals surface area contributed by atoms with Gasteiger partial charge in [-0.1, -0.05) is 19.8 Å². The number of aliphatic hydroxyl groups is 1. The van der Waals surface area contributed by atoms with Crippen LogP contribution in [0.15, 0.2) is 18.5 Å². The second-order valence-corrected chi connectivity index (χ2v) is 6.22. The number of aromatic nitrogens is 1. The Kier molecular flexibility index (Phi) is 6.61. The van der Waals surface area contributed by atoms with Gasteiger partial charge in [-0.25, -0.2) is 0 Å². The molecule has 1 aliphatic rings. The first kappa shape index (κ1) is 16.4. The second-order valence-electron chi connectivity index (χ2n) is 6.22. The lowest BCUT2D eigenvalue weighted by Gasteiger charge is -2.29. The zero-order chi connectivity index (χ0) is 15.1. The molecule has 1 aromatic rings. The maximum Gasteiger partial charge on any atom is 0.0897 e. The fraction of sp³-hybridized carbons (Fsp3) is 0.706. The van der Waals surface area contributed by atoms with E-state index in [0.717, 1.165) is 13.0 Å². The van der Waals surface area contributed by atoms with Crippen molar-refractivity contribution in [2.75, 3.05) is 13.2 Å². The molecule has 0 amide bonds. The maximum absolute atomic E-state index is 10.0. The molecule has 1 heterocycles. The molecule has 1 aliphatic carbocycles. The van der Waals surface area contributed by atoms with Crippen molar-refractivity contribution in [3.63, 3.8) is 0 Å². The van der Waals surface area contributed by atoms with Crippen LogP contribution in [0.2, 0.25) is 0 Å². The number of nitrogens with zero attached hydrogens (tertiary/aromatic N) is 1. The Balaban J connectivity index is 1.63. The number of nitrogens with one attached hydrogen (secondary N) is 1. The highest BCUT2D eigenvalue weighted by molar-refractivity contribution is 5.20. The predicted molar refractivity (Wildman–Crippen MR) is 84.1 cm³/mol. The third kappa shape index (κ3) is 5.38. The fourth-order valence-corrected chi connectivity index (χ4v) is 2.88. The number of hydrogen-bond donors (Lipinski definition) is 2. The summed E-state index contributed by atoms with van der Waals surface area (Å²) in [4.78, 5) is 4.12. The first-order valence-corrected chi connectivity index (χ1v) is 8.06. The Hall–Kier alpha value is -0.970. The van der Waals surface area contributed by atoms with Crippen molar-refractivity contribution >= 4 is 0 Å². The minimum Gasteiger partial charge on any atom is -0.389 e. The molecule has 0 saturated heterocycles. The fourth-order valence-electron chi connectivity index (χ4n) is 2.88. The molecule has 1 fully saturated rings. The van der Waals surface area contributed by atoms with Gasteiger partial charge < -0.3 is 15.2 Å². The molecular weight excluding hydrogens is 264 g/mol. The number of hydrogen-bond acceptors (Lipinski definition) is 4. The molecular formula is C17H28N2O2. The third-order valence-corrected chi connectivity index (χ3v) is 4.38. The topological polar surface area (TPSA) is 54.4 Å². The van der Waals surface area contributed by atoms with Crippen molar-refractivity contribution in [3.8, 4) is 0 Å². The monoisotopic (exact) mass is 292 g/mol. The molecule has 0 aromatic carbocycles. The van der Waals surface area contributed by atoms with E-state index in [2.05, 4.69) is 24.1 Å². The van der Waals surface area contributed by atoms with Gasteiger partial charge >= 0.3 is 0 Å². The molecule has 0 bridgehead atoms. The van der Waals surface area contributed by atoms with E-state index in [4.69, 9.17) is 4.74 Å². The summed E-state index contributed by atoms with van der Waals surface area (Å²) in [5.74, 6) is 0.622. The highest BCUT2D eigenvalue weighted by Gasteiger charge is 2.22. The largest absolute Gasteiger partial charge is 0.389 e. The summed E-state index contributed by atoms with van der Waals surface area (Å²) >= 11 is 0.